The van der Waals surface area contributed by atoms with Crippen LogP contribution in [0, 0.1) is 5.82 Å². The van der Waals surface area contributed by atoms with Crippen LogP contribution in [0.25, 0.3) is 11.3 Å². The summed E-state index contributed by atoms with van der Waals surface area (Å²) in [5, 5.41) is 2.81. The SMILES string of the molecule is O=C(NCc1ccnc(-c2ccncc2)c1)c1ccc(F)cc1. The zero-order valence-corrected chi connectivity index (χ0v) is 12.2. The highest BCUT2D eigenvalue weighted by molar-refractivity contribution is 5.94. The molecule has 0 saturated carbocycles. The quantitative estimate of drug-likeness (QED) is 0.805. The molecule has 4 nitrogen and oxygen atoms in total. The molecule has 2 aromatic heterocycles. The average Bonchev–Trinajstić information content (AvgIpc) is 2.61. The van der Waals surface area contributed by atoms with E-state index in [4.69, 9.17) is 0 Å². The second-order valence-electron chi connectivity index (χ2n) is 4.97. The maximum absolute atomic E-state index is 12.9. The highest BCUT2D eigenvalue weighted by Crippen LogP contribution is 2.16. The predicted molar refractivity (Wildman–Crippen MR) is 85.0 cm³/mol. The summed E-state index contributed by atoms with van der Waals surface area (Å²) < 4.78 is 12.9. The molecule has 0 aliphatic carbocycles. The molecule has 1 aromatic carbocycles. The Morgan fingerprint density at radius 2 is 1.74 bits per heavy atom. The van der Waals surface area contributed by atoms with Gasteiger partial charge in [-0.25, -0.2) is 4.39 Å². The second-order valence-corrected chi connectivity index (χ2v) is 4.97. The van der Waals surface area contributed by atoms with Gasteiger partial charge in [0.05, 0.1) is 5.69 Å². The molecule has 1 N–H and O–H groups in total. The minimum Gasteiger partial charge on any atom is -0.348 e. The molecule has 0 fully saturated rings. The van der Waals surface area contributed by atoms with Crippen molar-refractivity contribution in [2.45, 2.75) is 6.54 Å². The zero-order valence-electron chi connectivity index (χ0n) is 12.2. The molecule has 0 saturated heterocycles. The lowest BCUT2D eigenvalue weighted by Gasteiger charge is -2.07. The van der Waals surface area contributed by atoms with Gasteiger partial charge < -0.3 is 5.32 Å². The topological polar surface area (TPSA) is 54.9 Å². The highest BCUT2D eigenvalue weighted by Gasteiger charge is 2.06. The van der Waals surface area contributed by atoms with Crippen molar-refractivity contribution in [2.75, 3.05) is 0 Å². The van der Waals surface area contributed by atoms with Crippen LogP contribution >= 0.6 is 0 Å². The van der Waals surface area contributed by atoms with Crippen LogP contribution in [0.5, 0.6) is 0 Å². The Labute approximate surface area is 133 Å². The van der Waals surface area contributed by atoms with Crippen LogP contribution in [0.3, 0.4) is 0 Å². The average molecular weight is 307 g/mol. The molecule has 0 unspecified atom stereocenters. The Hall–Kier alpha value is -3.08. The third-order valence-corrected chi connectivity index (χ3v) is 3.36. The van der Waals surface area contributed by atoms with Gasteiger partial charge in [-0.15, -0.1) is 0 Å². The van der Waals surface area contributed by atoms with Gasteiger partial charge in [-0.05, 0) is 54.1 Å². The summed E-state index contributed by atoms with van der Waals surface area (Å²) in [5.41, 5.74) is 3.14. The van der Waals surface area contributed by atoms with Gasteiger partial charge in [0.25, 0.3) is 5.91 Å². The summed E-state index contributed by atoms with van der Waals surface area (Å²) in [6, 6.07) is 13.0. The van der Waals surface area contributed by atoms with Crippen LogP contribution in [0.2, 0.25) is 0 Å². The van der Waals surface area contributed by atoms with Crippen LogP contribution in [0.1, 0.15) is 15.9 Å². The molecule has 23 heavy (non-hydrogen) atoms. The number of halogens is 1. The fourth-order valence-electron chi connectivity index (χ4n) is 2.15. The largest absolute Gasteiger partial charge is 0.348 e. The summed E-state index contributed by atoms with van der Waals surface area (Å²) in [5.74, 6) is -0.607. The van der Waals surface area contributed by atoms with Crippen molar-refractivity contribution in [2.24, 2.45) is 0 Å². The second kappa shape index (κ2) is 6.79. The van der Waals surface area contributed by atoms with E-state index in [1.54, 1.807) is 18.6 Å². The molecular formula is C18H14FN3O. The molecule has 5 heteroatoms. The van der Waals surface area contributed by atoms with E-state index in [0.29, 0.717) is 12.1 Å². The maximum Gasteiger partial charge on any atom is 0.251 e. The van der Waals surface area contributed by atoms with E-state index in [1.165, 1.54) is 24.3 Å². The van der Waals surface area contributed by atoms with E-state index in [2.05, 4.69) is 15.3 Å². The normalized spacial score (nSPS) is 10.3. The van der Waals surface area contributed by atoms with Gasteiger partial charge in [0.15, 0.2) is 0 Å². The number of aromatic nitrogens is 2. The van der Waals surface area contributed by atoms with Gasteiger partial charge in [0.2, 0.25) is 0 Å². The lowest BCUT2D eigenvalue weighted by atomic mass is 10.1. The molecular weight excluding hydrogens is 293 g/mol. The van der Waals surface area contributed by atoms with E-state index in [1.807, 2.05) is 24.3 Å². The number of pyridine rings is 2. The number of rotatable bonds is 4. The first-order valence-electron chi connectivity index (χ1n) is 7.11. The number of benzene rings is 1. The number of carbonyl (C=O) groups is 1. The first-order chi connectivity index (χ1) is 11.2. The van der Waals surface area contributed by atoms with Crippen LogP contribution in [0.15, 0.2) is 67.1 Å². The molecule has 0 radical (unpaired) electrons. The molecule has 0 atom stereocenters. The predicted octanol–water partition coefficient (Wildman–Crippen LogP) is 3.21. The Kier molecular flexibility index (Phi) is 4.38. The van der Waals surface area contributed by atoms with Crippen LogP contribution in [-0.2, 0) is 6.54 Å². The van der Waals surface area contributed by atoms with Gasteiger partial charge in [0.1, 0.15) is 5.82 Å². The van der Waals surface area contributed by atoms with Crippen molar-refractivity contribution in [1.82, 2.24) is 15.3 Å². The van der Waals surface area contributed by atoms with Crippen molar-refractivity contribution in [3.05, 3.63) is 84.1 Å². The van der Waals surface area contributed by atoms with Crippen molar-refractivity contribution in [3.8, 4) is 11.3 Å². The standard InChI is InChI=1S/C18H14FN3O/c19-16-3-1-15(2-4-16)18(23)22-12-13-5-10-21-17(11-13)14-6-8-20-9-7-14/h1-11H,12H2,(H,22,23). The number of amides is 1. The Balaban J connectivity index is 1.69. The number of nitrogens with zero attached hydrogens (tertiary/aromatic N) is 2. The van der Waals surface area contributed by atoms with Gasteiger partial charge in [-0.2, -0.15) is 0 Å². The molecule has 3 rings (SSSR count). The molecule has 0 aliphatic heterocycles. The van der Waals surface area contributed by atoms with Gasteiger partial charge in [-0.1, -0.05) is 0 Å². The number of hydrogen-bond donors (Lipinski definition) is 1. The Morgan fingerprint density at radius 3 is 2.48 bits per heavy atom. The molecule has 0 bridgehead atoms. The monoisotopic (exact) mass is 307 g/mol. The molecule has 1 amide bonds. The lowest BCUT2D eigenvalue weighted by molar-refractivity contribution is 0.0951. The Bertz CT molecular complexity index is 804. The van der Waals surface area contributed by atoms with Crippen molar-refractivity contribution < 1.29 is 9.18 Å². The van der Waals surface area contributed by atoms with Crippen molar-refractivity contribution in [3.63, 3.8) is 0 Å². The summed E-state index contributed by atoms with van der Waals surface area (Å²) in [6.07, 6.45) is 5.12. The summed E-state index contributed by atoms with van der Waals surface area (Å²) >= 11 is 0. The van der Waals surface area contributed by atoms with Crippen LogP contribution in [0.4, 0.5) is 4.39 Å². The van der Waals surface area contributed by atoms with E-state index >= 15 is 0 Å². The van der Waals surface area contributed by atoms with Crippen molar-refractivity contribution in [1.29, 1.82) is 0 Å². The first-order valence-corrected chi connectivity index (χ1v) is 7.11. The minimum atomic E-state index is -0.363. The molecule has 0 spiro atoms. The third-order valence-electron chi connectivity index (χ3n) is 3.36. The van der Waals surface area contributed by atoms with Crippen LogP contribution in [-0.4, -0.2) is 15.9 Å². The first kappa shape index (κ1) is 14.8. The van der Waals surface area contributed by atoms with E-state index in [0.717, 1.165) is 16.8 Å². The van der Waals surface area contributed by atoms with E-state index in [9.17, 15) is 9.18 Å². The number of hydrogen-bond acceptors (Lipinski definition) is 3. The minimum absolute atomic E-state index is 0.243. The van der Waals surface area contributed by atoms with Gasteiger partial charge in [0, 0.05) is 36.3 Å². The van der Waals surface area contributed by atoms with Gasteiger partial charge >= 0.3 is 0 Å². The fourth-order valence-corrected chi connectivity index (χ4v) is 2.15. The molecule has 2 heterocycles. The van der Waals surface area contributed by atoms with Gasteiger partial charge in [-0.3, -0.25) is 14.8 Å². The van der Waals surface area contributed by atoms with Crippen LogP contribution < -0.4 is 5.32 Å². The maximum atomic E-state index is 12.9. The number of carbonyl (C=O) groups excluding carboxylic acids is 1. The third kappa shape index (κ3) is 3.77. The fraction of sp³-hybridized carbons (Fsp3) is 0.0556. The molecule has 0 aliphatic rings. The number of nitrogens with one attached hydrogen (secondary N) is 1. The summed E-state index contributed by atoms with van der Waals surface area (Å²) in [7, 11) is 0. The van der Waals surface area contributed by atoms with E-state index in [-0.39, 0.29) is 11.7 Å². The highest BCUT2D eigenvalue weighted by atomic mass is 19.1. The molecule has 3 aromatic rings. The lowest BCUT2D eigenvalue weighted by Crippen LogP contribution is -2.22. The zero-order chi connectivity index (χ0) is 16.1. The summed E-state index contributed by atoms with van der Waals surface area (Å²) in [4.78, 5) is 20.3. The Morgan fingerprint density at radius 1 is 1.00 bits per heavy atom. The van der Waals surface area contributed by atoms with Crippen molar-refractivity contribution >= 4 is 5.91 Å². The smallest absolute Gasteiger partial charge is 0.251 e. The molecule has 114 valence electrons. The summed E-state index contributed by atoms with van der Waals surface area (Å²) in [6.45, 7) is 0.372. The van der Waals surface area contributed by atoms with E-state index < -0.39 is 0 Å².